The van der Waals surface area contributed by atoms with E-state index < -0.39 is 22.0 Å². The van der Waals surface area contributed by atoms with Gasteiger partial charge in [-0.2, -0.15) is 5.10 Å². The second kappa shape index (κ2) is 10.2. The van der Waals surface area contributed by atoms with E-state index in [4.69, 9.17) is 21.0 Å². The molecule has 1 aliphatic carbocycles. The highest BCUT2D eigenvalue weighted by Gasteiger charge is 2.43. The van der Waals surface area contributed by atoms with Gasteiger partial charge in [0, 0.05) is 27.0 Å². The number of rotatable bonds is 7. The first-order valence-electron chi connectivity index (χ1n) is 11.1. The summed E-state index contributed by atoms with van der Waals surface area (Å²) >= 11 is 8.60. The maximum absolute atomic E-state index is 13.4. The monoisotopic (exact) mass is 624 g/mol. The number of anilines is 2. The Bertz CT molecular complexity index is 1400. The first-order valence-corrected chi connectivity index (χ1v) is 13.7. The molecule has 1 fully saturated rings. The molecular formula is C23H22ClIN6O3S. The Kier molecular flexibility index (Phi) is 7.07. The SMILES string of the molecule is O=c1[nH]nc(C2(Cc3cccc(Nc4ccn[nH]4)n3)CCC(S(=O)c3cccc(I)c3Cl)CC2)o1. The smallest absolute Gasteiger partial charge is 0.392 e. The van der Waals surface area contributed by atoms with Gasteiger partial charge in [0.05, 0.1) is 32.3 Å². The molecule has 4 aromatic rings. The minimum Gasteiger partial charge on any atom is -0.392 e. The van der Waals surface area contributed by atoms with Gasteiger partial charge in [-0.15, -0.1) is 5.10 Å². The van der Waals surface area contributed by atoms with Crippen LogP contribution in [0.4, 0.5) is 11.6 Å². The van der Waals surface area contributed by atoms with Gasteiger partial charge in [-0.25, -0.2) is 14.9 Å². The van der Waals surface area contributed by atoms with Crippen molar-refractivity contribution < 1.29 is 8.63 Å². The highest BCUT2D eigenvalue weighted by Crippen LogP contribution is 2.43. The molecule has 3 N–H and O–H groups in total. The predicted octanol–water partition coefficient (Wildman–Crippen LogP) is 4.71. The van der Waals surface area contributed by atoms with Crippen molar-refractivity contribution >= 4 is 56.6 Å². The van der Waals surface area contributed by atoms with E-state index in [1.807, 2.05) is 42.5 Å². The minimum absolute atomic E-state index is 0.0502. The van der Waals surface area contributed by atoms with E-state index in [2.05, 4.69) is 48.3 Å². The van der Waals surface area contributed by atoms with Crippen molar-refractivity contribution in [1.82, 2.24) is 25.4 Å². The fourth-order valence-electron chi connectivity index (χ4n) is 4.56. The Morgan fingerprint density at radius 1 is 1.17 bits per heavy atom. The molecule has 0 spiro atoms. The van der Waals surface area contributed by atoms with E-state index >= 15 is 0 Å². The molecular weight excluding hydrogens is 603 g/mol. The van der Waals surface area contributed by atoms with Gasteiger partial charge < -0.3 is 9.73 Å². The van der Waals surface area contributed by atoms with Crippen LogP contribution in [0.3, 0.4) is 0 Å². The molecule has 1 atom stereocenters. The summed E-state index contributed by atoms with van der Waals surface area (Å²) in [4.78, 5) is 17.2. The number of hydrogen-bond acceptors (Lipinski definition) is 7. The van der Waals surface area contributed by atoms with Gasteiger partial charge in [0.15, 0.2) is 0 Å². The molecule has 1 aromatic carbocycles. The first-order chi connectivity index (χ1) is 16.9. The molecule has 3 heterocycles. The van der Waals surface area contributed by atoms with Crippen molar-refractivity contribution in [2.75, 3.05) is 5.32 Å². The third kappa shape index (κ3) is 5.21. The van der Waals surface area contributed by atoms with E-state index in [-0.39, 0.29) is 5.25 Å². The molecule has 5 rings (SSSR count). The largest absolute Gasteiger partial charge is 0.434 e. The van der Waals surface area contributed by atoms with Gasteiger partial charge in [-0.1, -0.05) is 23.7 Å². The maximum atomic E-state index is 13.4. The lowest BCUT2D eigenvalue weighted by Crippen LogP contribution is -2.37. The Hall–Kier alpha value is -2.51. The van der Waals surface area contributed by atoms with E-state index in [1.165, 1.54) is 0 Å². The molecule has 0 amide bonds. The van der Waals surface area contributed by atoms with Gasteiger partial charge in [0.2, 0.25) is 5.89 Å². The molecule has 1 saturated carbocycles. The number of hydrogen-bond donors (Lipinski definition) is 3. The van der Waals surface area contributed by atoms with Crippen LogP contribution in [0, 0.1) is 3.57 Å². The highest BCUT2D eigenvalue weighted by molar-refractivity contribution is 14.1. The van der Waals surface area contributed by atoms with Gasteiger partial charge in [0.25, 0.3) is 0 Å². The standard InChI is InChI=1S/C23H22ClIN6O3S/c24-20-16(25)4-2-5-17(20)35(33)15-7-10-23(11-8-15,21-30-31-22(32)34-21)13-14-3-1-6-18(27-14)28-19-9-12-26-29-19/h1-6,9,12,15H,7-8,10-11,13H2,(H,31,32)(H2,26,27,28,29). The fraction of sp³-hybridized carbons (Fsp3) is 0.304. The molecule has 0 aliphatic heterocycles. The second-order valence-electron chi connectivity index (χ2n) is 8.53. The average Bonchev–Trinajstić information content (AvgIpc) is 3.53. The number of pyridine rings is 1. The van der Waals surface area contributed by atoms with E-state index in [1.54, 1.807) is 6.20 Å². The van der Waals surface area contributed by atoms with Crippen LogP contribution < -0.4 is 11.1 Å². The van der Waals surface area contributed by atoms with E-state index in [0.717, 1.165) is 15.1 Å². The summed E-state index contributed by atoms with van der Waals surface area (Å²) in [5.74, 6) is 1.19. The van der Waals surface area contributed by atoms with Crippen LogP contribution in [0.5, 0.6) is 0 Å². The normalized spacial score (nSPS) is 21.0. The molecule has 3 aromatic heterocycles. The van der Waals surface area contributed by atoms with Crippen molar-refractivity contribution in [1.29, 1.82) is 0 Å². The van der Waals surface area contributed by atoms with Crippen molar-refractivity contribution in [3.63, 3.8) is 0 Å². The number of aromatic nitrogens is 5. The van der Waals surface area contributed by atoms with Crippen molar-refractivity contribution in [2.45, 2.75) is 47.7 Å². The number of H-pyrrole nitrogens is 2. The number of aromatic amines is 2. The average molecular weight is 625 g/mol. The van der Waals surface area contributed by atoms with Crippen LogP contribution in [0.1, 0.15) is 37.3 Å². The van der Waals surface area contributed by atoms with Crippen molar-refractivity contribution in [3.8, 4) is 0 Å². The Balaban J connectivity index is 1.38. The lowest BCUT2D eigenvalue weighted by atomic mass is 9.70. The lowest BCUT2D eigenvalue weighted by molar-refractivity contribution is 0.230. The number of nitrogens with one attached hydrogen (secondary N) is 3. The molecule has 182 valence electrons. The molecule has 1 aliphatic rings. The van der Waals surface area contributed by atoms with Gasteiger partial charge in [-0.3, -0.25) is 9.31 Å². The van der Waals surface area contributed by atoms with E-state index in [9.17, 15) is 9.00 Å². The molecule has 0 radical (unpaired) electrons. The minimum atomic E-state index is -1.24. The van der Waals surface area contributed by atoms with Crippen molar-refractivity contribution in [3.05, 3.63) is 79.4 Å². The van der Waals surface area contributed by atoms with Crippen LogP contribution in [-0.2, 0) is 22.6 Å². The summed E-state index contributed by atoms with van der Waals surface area (Å²) in [5.41, 5.74) is 0.300. The number of halogens is 2. The van der Waals surface area contributed by atoms with Crippen LogP contribution in [-0.4, -0.2) is 34.8 Å². The quantitative estimate of drug-likeness (QED) is 0.254. The summed E-state index contributed by atoms with van der Waals surface area (Å²) in [6.45, 7) is 0. The third-order valence-electron chi connectivity index (χ3n) is 6.31. The number of nitrogens with zero attached hydrogens (tertiary/aromatic N) is 3. The van der Waals surface area contributed by atoms with E-state index in [0.29, 0.717) is 53.7 Å². The van der Waals surface area contributed by atoms with Crippen LogP contribution in [0.25, 0.3) is 0 Å². The van der Waals surface area contributed by atoms with Crippen molar-refractivity contribution in [2.24, 2.45) is 0 Å². The number of benzene rings is 1. The zero-order valence-corrected chi connectivity index (χ0v) is 22.2. The van der Waals surface area contributed by atoms with Crippen LogP contribution >= 0.6 is 34.2 Å². The van der Waals surface area contributed by atoms with Gasteiger partial charge in [0.1, 0.15) is 11.6 Å². The van der Waals surface area contributed by atoms with Gasteiger partial charge >= 0.3 is 5.76 Å². The van der Waals surface area contributed by atoms with Crippen LogP contribution in [0.2, 0.25) is 5.02 Å². The molecule has 12 heteroatoms. The summed E-state index contributed by atoms with van der Waals surface area (Å²) < 4.78 is 19.7. The Morgan fingerprint density at radius 2 is 1.97 bits per heavy atom. The predicted molar refractivity (Wildman–Crippen MR) is 141 cm³/mol. The zero-order valence-electron chi connectivity index (χ0n) is 18.5. The summed E-state index contributed by atoms with van der Waals surface area (Å²) in [6.07, 6.45) is 4.85. The highest BCUT2D eigenvalue weighted by atomic mass is 127. The molecule has 1 unspecified atom stereocenters. The summed E-state index contributed by atoms with van der Waals surface area (Å²) in [5, 5.41) is 17.1. The Labute approximate surface area is 222 Å². The summed E-state index contributed by atoms with van der Waals surface area (Å²) in [6, 6.07) is 13.2. The van der Waals surface area contributed by atoms with Gasteiger partial charge in [-0.05, 0) is 72.5 Å². The fourth-order valence-corrected chi connectivity index (χ4v) is 7.12. The molecule has 0 saturated heterocycles. The summed E-state index contributed by atoms with van der Waals surface area (Å²) in [7, 11) is -1.24. The molecule has 35 heavy (non-hydrogen) atoms. The molecule has 9 nitrogen and oxygen atoms in total. The maximum Gasteiger partial charge on any atom is 0.434 e. The van der Waals surface area contributed by atoms with Crippen LogP contribution in [0.15, 0.2) is 62.8 Å². The zero-order chi connectivity index (χ0) is 24.4. The topological polar surface area (TPSA) is 130 Å². The first kappa shape index (κ1) is 24.2. The Morgan fingerprint density at radius 3 is 2.69 bits per heavy atom. The lowest BCUT2D eigenvalue weighted by Gasteiger charge is -2.37. The third-order valence-corrected chi connectivity index (χ3v) is 9.89. The second-order valence-corrected chi connectivity index (χ2v) is 11.8. The molecule has 0 bridgehead atoms.